The van der Waals surface area contributed by atoms with Gasteiger partial charge >= 0.3 is 0 Å². The number of hydrogen-bond donors (Lipinski definition) is 2. The number of aliphatic hydroxyl groups excluding tert-OH is 2. The molecular formula is C16H30O5. The first-order valence-electron chi connectivity index (χ1n) is 8.34. The summed E-state index contributed by atoms with van der Waals surface area (Å²) in [6.45, 7) is 3.95. The van der Waals surface area contributed by atoms with Gasteiger partial charge in [-0.2, -0.15) is 0 Å². The second-order valence-electron chi connectivity index (χ2n) is 6.36. The van der Waals surface area contributed by atoms with Gasteiger partial charge in [0.2, 0.25) is 0 Å². The fourth-order valence-electron chi connectivity index (χ4n) is 2.83. The molecule has 1 aliphatic carbocycles. The van der Waals surface area contributed by atoms with Gasteiger partial charge in [-0.05, 0) is 24.7 Å². The van der Waals surface area contributed by atoms with Crippen LogP contribution in [0.25, 0.3) is 0 Å². The Morgan fingerprint density at radius 1 is 0.762 bits per heavy atom. The van der Waals surface area contributed by atoms with Gasteiger partial charge in [0, 0.05) is 13.2 Å². The first-order chi connectivity index (χ1) is 10.3. The van der Waals surface area contributed by atoms with Crippen molar-refractivity contribution in [2.24, 2.45) is 11.8 Å². The summed E-state index contributed by atoms with van der Waals surface area (Å²) in [7, 11) is 0. The first-order valence-corrected chi connectivity index (χ1v) is 8.34. The molecule has 2 unspecified atom stereocenters. The highest BCUT2D eigenvalue weighted by atomic mass is 16.6. The van der Waals surface area contributed by atoms with E-state index in [1.807, 2.05) is 0 Å². The lowest BCUT2D eigenvalue weighted by atomic mass is 9.79. The standard InChI is InChI=1S/C10H20O2.C6H10O3/c11-7-5-9-1-2-10(4-3-9)6-8-12;1(5-3-8-5)7-2-6-4-9-6/h9-12H,1-8H2;5-6H,1-4H2. The molecule has 5 nitrogen and oxygen atoms in total. The Balaban J connectivity index is 0.000000159. The molecule has 0 aromatic heterocycles. The summed E-state index contributed by atoms with van der Waals surface area (Å²) in [5.74, 6) is 1.51. The zero-order chi connectivity index (χ0) is 14.9. The van der Waals surface area contributed by atoms with Gasteiger partial charge in [-0.25, -0.2) is 0 Å². The Hall–Kier alpha value is -0.200. The van der Waals surface area contributed by atoms with E-state index in [4.69, 9.17) is 24.4 Å². The van der Waals surface area contributed by atoms with Crippen molar-refractivity contribution in [2.75, 3.05) is 39.6 Å². The summed E-state index contributed by atoms with van der Waals surface area (Å²) >= 11 is 0. The molecule has 1 saturated carbocycles. The fraction of sp³-hybridized carbons (Fsp3) is 1.00. The van der Waals surface area contributed by atoms with Crippen LogP contribution in [0.3, 0.4) is 0 Å². The molecule has 2 atom stereocenters. The van der Waals surface area contributed by atoms with Crippen molar-refractivity contribution in [3.8, 4) is 0 Å². The Morgan fingerprint density at radius 2 is 1.14 bits per heavy atom. The Morgan fingerprint density at radius 3 is 1.43 bits per heavy atom. The van der Waals surface area contributed by atoms with Crippen molar-refractivity contribution in [3.63, 3.8) is 0 Å². The third-order valence-electron chi connectivity index (χ3n) is 4.45. The van der Waals surface area contributed by atoms with Crippen molar-refractivity contribution in [2.45, 2.75) is 50.7 Å². The summed E-state index contributed by atoms with van der Waals surface area (Å²) in [5, 5.41) is 17.5. The largest absolute Gasteiger partial charge is 0.396 e. The van der Waals surface area contributed by atoms with Crippen LogP contribution in [0.5, 0.6) is 0 Å². The van der Waals surface area contributed by atoms with E-state index in [2.05, 4.69) is 0 Å². The molecule has 21 heavy (non-hydrogen) atoms. The minimum Gasteiger partial charge on any atom is -0.396 e. The maximum Gasteiger partial charge on any atom is 0.104 e. The lowest BCUT2D eigenvalue weighted by Gasteiger charge is -2.27. The quantitative estimate of drug-likeness (QED) is 0.662. The lowest BCUT2D eigenvalue weighted by molar-refractivity contribution is 0.102. The molecule has 0 spiro atoms. The lowest BCUT2D eigenvalue weighted by Crippen LogP contribution is -2.16. The molecule has 3 fully saturated rings. The summed E-state index contributed by atoms with van der Waals surface area (Å²) in [6, 6.07) is 0. The van der Waals surface area contributed by atoms with E-state index >= 15 is 0 Å². The number of epoxide rings is 2. The van der Waals surface area contributed by atoms with Crippen LogP contribution in [0, 0.1) is 11.8 Å². The predicted molar refractivity (Wildman–Crippen MR) is 79.2 cm³/mol. The van der Waals surface area contributed by atoms with Crippen molar-refractivity contribution in [3.05, 3.63) is 0 Å². The van der Waals surface area contributed by atoms with Gasteiger partial charge in [-0.15, -0.1) is 0 Å². The van der Waals surface area contributed by atoms with Gasteiger partial charge in [0.1, 0.15) is 12.2 Å². The summed E-state index contributed by atoms with van der Waals surface area (Å²) in [5.41, 5.74) is 0. The van der Waals surface area contributed by atoms with E-state index in [0.717, 1.165) is 51.1 Å². The molecular weight excluding hydrogens is 272 g/mol. The number of aliphatic hydroxyl groups is 2. The Bertz CT molecular complexity index is 231. The van der Waals surface area contributed by atoms with Crippen LogP contribution in [-0.4, -0.2) is 62.1 Å². The predicted octanol–water partition coefficient (Wildman–Crippen LogP) is 1.36. The van der Waals surface area contributed by atoms with Crippen LogP contribution in [0.2, 0.25) is 0 Å². The number of rotatable bonds is 8. The van der Waals surface area contributed by atoms with Crippen molar-refractivity contribution in [1.82, 2.24) is 0 Å². The van der Waals surface area contributed by atoms with Gasteiger partial charge in [0.25, 0.3) is 0 Å². The fourth-order valence-corrected chi connectivity index (χ4v) is 2.83. The van der Waals surface area contributed by atoms with Gasteiger partial charge < -0.3 is 24.4 Å². The maximum absolute atomic E-state index is 8.75. The van der Waals surface area contributed by atoms with Crippen molar-refractivity contribution >= 4 is 0 Å². The van der Waals surface area contributed by atoms with E-state index < -0.39 is 0 Å². The molecule has 3 rings (SSSR count). The van der Waals surface area contributed by atoms with Crippen molar-refractivity contribution < 1.29 is 24.4 Å². The zero-order valence-corrected chi connectivity index (χ0v) is 12.9. The monoisotopic (exact) mass is 302 g/mol. The molecule has 124 valence electrons. The van der Waals surface area contributed by atoms with Gasteiger partial charge in [-0.3, -0.25) is 0 Å². The molecule has 2 saturated heterocycles. The van der Waals surface area contributed by atoms with E-state index in [1.54, 1.807) is 0 Å². The molecule has 2 N–H and O–H groups in total. The highest BCUT2D eigenvalue weighted by Gasteiger charge is 2.26. The van der Waals surface area contributed by atoms with Gasteiger partial charge in [0.15, 0.2) is 0 Å². The van der Waals surface area contributed by atoms with Crippen LogP contribution in [-0.2, 0) is 14.2 Å². The van der Waals surface area contributed by atoms with E-state index in [0.29, 0.717) is 25.4 Å². The van der Waals surface area contributed by atoms with Crippen LogP contribution >= 0.6 is 0 Å². The van der Waals surface area contributed by atoms with Crippen LogP contribution in [0.1, 0.15) is 38.5 Å². The molecule has 0 aromatic rings. The van der Waals surface area contributed by atoms with E-state index in [1.165, 1.54) is 25.7 Å². The van der Waals surface area contributed by atoms with Crippen molar-refractivity contribution in [1.29, 1.82) is 0 Å². The highest BCUT2D eigenvalue weighted by molar-refractivity contribution is 4.72. The van der Waals surface area contributed by atoms with E-state index in [9.17, 15) is 0 Å². The van der Waals surface area contributed by atoms with Crippen LogP contribution in [0.15, 0.2) is 0 Å². The topological polar surface area (TPSA) is 74.8 Å². The summed E-state index contributed by atoms with van der Waals surface area (Å²) < 4.78 is 15.1. The summed E-state index contributed by atoms with van der Waals surface area (Å²) in [6.07, 6.45) is 7.76. The van der Waals surface area contributed by atoms with E-state index in [-0.39, 0.29) is 0 Å². The second-order valence-corrected chi connectivity index (χ2v) is 6.36. The first kappa shape index (κ1) is 17.2. The molecule has 0 aromatic carbocycles. The minimum absolute atomic E-state index is 0.343. The third-order valence-corrected chi connectivity index (χ3v) is 4.45. The number of ether oxygens (including phenoxy) is 3. The smallest absolute Gasteiger partial charge is 0.104 e. The Kier molecular flexibility index (Phi) is 7.96. The third kappa shape index (κ3) is 8.12. The van der Waals surface area contributed by atoms with Crippen LogP contribution < -0.4 is 0 Å². The van der Waals surface area contributed by atoms with Gasteiger partial charge in [-0.1, -0.05) is 25.7 Å². The average Bonchev–Trinajstić information content (AvgIpc) is 3.37. The highest BCUT2D eigenvalue weighted by Crippen LogP contribution is 2.31. The number of hydrogen-bond acceptors (Lipinski definition) is 5. The SMILES string of the molecule is C(OCC1CO1)C1CO1.OCCC1CCC(CCO)CC1. The van der Waals surface area contributed by atoms with Crippen LogP contribution in [0.4, 0.5) is 0 Å². The molecule has 3 aliphatic rings. The molecule has 2 aliphatic heterocycles. The normalized spacial score (nSPS) is 34.0. The zero-order valence-electron chi connectivity index (χ0n) is 12.9. The molecule has 5 heteroatoms. The summed E-state index contributed by atoms with van der Waals surface area (Å²) in [4.78, 5) is 0. The molecule has 0 amide bonds. The maximum atomic E-state index is 8.75. The minimum atomic E-state index is 0.343. The molecule has 0 radical (unpaired) electrons. The molecule has 0 bridgehead atoms. The van der Waals surface area contributed by atoms with Gasteiger partial charge in [0.05, 0.1) is 26.4 Å². The second kappa shape index (κ2) is 9.74. The Labute approximate surface area is 127 Å². The average molecular weight is 302 g/mol. The molecule has 2 heterocycles.